The molecule has 7 heteroatoms. The number of nitrogens with one attached hydrogen (secondary N) is 1. The number of hydrogen-bond donors (Lipinski definition) is 1. The van der Waals surface area contributed by atoms with E-state index < -0.39 is 10.0 Å². The van der Waals surface area contributed by atoms with Crippen LogP contribution in [-0.4, -0.2) is 56.9 Å². The maximum atomic E-state index is 11.5. The van der Waals surface area contributed by atoms with Crippen LogP contribution in [0.3, 0.4) is 0 Å². The zero-order chi connectivity index (χ0) is 14.9. The van der Waals surface area contributed by atoms with Crippen molar-refractivity contribution in [2.45, 2.75) is 12.6 Å². The summed E-state index contributed by atoms with van der Waals surface area (Å²) in [5.74, 6) is 0.732. The lowest BCUT2D eigenvalue weighted by Gasteiger charge is -2.32. The number of hydrogen-bond acceptors (Lipinski definition) is 5. The van der Waals surface area contributed by atoms with Gasteiger partial charge in [-0.1, -0.05) is 0 Å². The summed E-state index contributed by atoms with van der Waals surface area (Å²) in [5.41, 5.74) is 1.23. The maximum Gasteiger partial charge on any atom is 0.209 e. The zero-order valence-electron chi connectivity index (χ0n) is 12.1. The van der Waals surface area contributed by atoms with Gasteiger partial charge in [0.25, 0.3) is 0 Å². The number of sulfonamides is 1. The van der Waals surface area contributed by atoms with E-state index in [9.17, 15) is 8.42 Å². The van der Waals surface area contributed by atoms with Gasteiger partial charge in [0.1, 0.15) is 0 Å². The van der Waals surface area contributed by atoms with Crippen molar-refractivity contribution in [3.63, 3.8) is 0 Å². The molecule has 2 fully saturated rings. The van der Waals surface area contributed by atoms with Gasteiger partial charge in [-0.3, -0.25) is 9.88 Å². The topological polar surface area (TPSA) is 71.5 Å². The van der Waals surface area contributed by atoms with Gasteiger partial charge in [-0.05, 0) is 23.6 Å². The van der Waals surface area contributed by atoms with E-state index in [1.165, 1.54) is 11.8 Å². The third kappa shape index (κ3) is 3.79. The molecule has 21 heavy (non-hydrogen) atoms. The van der Waals surface area contributed by atoms with E-state index in [4.69, 9.17) is 4.74 Å². The van der Waals surface area contributed by atoms with Crippen LogP contribution in [0.5, 0.6) is 0 Å². The number of pyridine rings is 1. The summed E-state index contributed by atoms with van der Waals surface area (Å²) >= 11 is 0. The van der Waals surface area contributed by atoms with E-state index in [1.807, 2.05) is 12.1 Å². The average Bonchev–Trinajstić information content (AvgIpc) is 2.82. The number of rotatable bonds is 4. The van der Waals surface area contributed by atoms with Crippen molar-refractivity contribution in [2.75, 3.05) is 32.6 Å². The molecule has 2 aliphatic heterocycles. The monoisotopic (exact) mass is 311 g/mol. The summed E-state index contributed by atoms with van der Waals surface area (Å²) in [6.07, 6.45) is 4.81. The second-order valence-electron chi connectivity index (χ2n) is 6.01. The molecule has 3 atom stereocenters. The molecule has 0 saturated carbocycles. The van der Waals surface area contributed by atoms with Crippen molar-refractivity contribution >= 4 is 10.0 Å². The minimum atomic E-state index is -3.20. The lowest BCUT2D eigenvalue weighted by atomic mass is 9.88. The summed E-state index contributed by atoms with van der Waals surface area (Å²) < 4.78 is 31.2. The smallest absolute Gasteiger partial charge is 0.209 e. The Kier molecular flexibility index (Phi) is 4.26. The summed E-state index contributed by atoms with van der Waals surface area (Å²) in [6.45, 7) is 3.93. The van der Waals surface area contributed by atoms with E-state index in [0.717, 1.165) is 26.2 Å². The van der Waals surface area contributed by atoms with Crippen LogP contribution in [0.25, 0.3) is 0 Å². The summed E-state index contributed by atoms with van der Waals surface area (Å²) in [7, 11) is -3.20. The van der Waals surface area contributed by atoms with Crippen molar-refractivity contribution < 1.29 is 13.2 Å². The minimum absolute atomic E-state index is 0.110. The third-order valence-electron chi connectivity index (χ3n) is 4.23. The van der Waals surface area contributed by atoms with E-state index >= 15 is 0 Å². The number of aromatic nitrogens is 1. The van der Waals surface area contributed by atoms with Gasteiger partial charge in [0.05, 0.1) is 19.5 Å². The van der Waals surface area contributed by atoms with Crippen LogP contribution in [0.1, 0.15) is 5.56 Å². The van der Waals surface area contributed by atoms with Gasteiger partial charge < -0.3 is 4.74 Å². The van der Waals surface area contributed by atoms with Crippen molar-refractivity contribution in [3.05, 3.63) is 30.1 Å². The fourth-order valence-corrected chi connectivity index (χ4v) is 4.16. The number of ether oxygens (including phenoxy) is 1. The predicted molar refractivity (Wildman–Crippen MR) is 79.1 cm³/mol. The van der Waals surface area contributed by atoms with Crippen molar-refractivity contribution in [1.82, 2.24) is 14.6 Å². The Morgan fingerprint density at radius 3 is 2.81 bits per heavy atom. The summed E-state index contributed by atoms with van der Waals surface area (Å²) in [4.78, 5) is 6.40. The minimum Gasteiger partial charge on any atom is -0.379 e. The summed E-state index contributed by atoms with van der Waals surface area (Å²) in [6, 6.07) is 3.93. The Bertz CT molecular complexity index is 578. The Morgan fingerprint density at radius 2 is 2.10 bits per heavy atom. The maximum absolute atomic E-state index is 11.5. The molecule has 0 amide bonds. The molecular weight excluding hydrogens is 290 g/mol. The highest BCUT2D eigenvalue weighted by atomic mass is 32.2. The standard InChI is InChI=1S/C14H21N3O3S/c1-21(18,19)16-14-10-20-9-12-7-17(8-13(12)14)6-11-2-4-15-5-3-11/h2-5,12-14,16H,6-10H2,1H3/t12-,13-,14+/m0/s1. The molecule has 6 nitrogen and oxygen atoms in total. The molecule has 0 radical (unpaired) electrons. The first-order valence-corrected chi connectivity index (χ1v) is 9.07. The molecule has 1 aromatic heterocycles. The predicted octanol–water partition coefficient (Wildman–Crippen LogP) is 0.0776. The normalized spacial score (nSPS) is 30.2. The lowest BCUT2D eigenvalue weighted by Crippen LogP contribution is -2.49. The molecule has 116 valence electrons. The van der Waals surface area contributed by atoms with Gasteiger partial charge in [0.2, 0.25) is 10.0 Å². The molecule has 1 aromatic rings. The first kappa shape index (κ1) is 14.9. The molecule has 1 N–H and O–H groups in total. The first-order valence-electron chi connectivity index (χ1n) is 7.17. The fourth-order valence-electron chi connectivity index (χ4n) is 3.36. The molecule has 2 aliphatic rings. The molecule has 0 bridgehead atoms. The first-order chi connectivity index (χ1) is 10.0. The fraction of sp³-hybridized carbons (Fsp3) is 0.643. The van der Waals surface area contributed by atoms with Gasteiger partial charge in [-0.25, -0.2) is 13.1 Å². The highest BCUT2D eigenvalue weighted by Crippen LogP contribution is 2.31. The Hall–Kier alpha value is -1.02. The van der Waals surface area contributed by atoms with Crippen LogP contribution in [0.15, 0.2) is 24.5 Å². The summed E-state index contributed by atoms with van der Waals surface area (Å²) in [5, 5.41) is 0. The SMILES string of the molecule is CS(=O)(=O)N[C@@H]1COC[C@@H]2CN(Cc3ccncc3)C[C@@H]21. The molecule has 0 aromatic carbocycles. The van der Waals surface area contributed by atoms with Crippen LogP contribution in [0, 0.1) is 11.8 Å². The molecule has 0 unspecified atom stereocenters. The second-order valence-corrected chi connectivity index (χ2v) is 7.79. The van der Waals surface area contributed by atoms with Crippen LogP contribution in [0.4, 0.5) is 0 Å². The molecule has 0 spiro atoms. The number of nitrogens with zero attached hydrogens (tertiary/aromatic N) is 2. The van der Waals surface area contributed by atoms with Gasteiger partial charge >= 0.3 is 0 Å². The average molecular weight is 311 g/mol. The Morgan fingerprint density at radius 1 is 1.33 bits per heavy atom. The highest BCUT2D eigenvalue weighted by Gasteiger charge is 2.41. The second kappa shape index (κ2) is 6.00. The zero-order valence-corrected chi connectivity index (χ0v) is 12.9. The molecule has 0 aliphatic carbocycles. The lowest BCUT2D eigenvalue weighted by molar-refractivity contribution is 0.0164. The highest BCUT2D eigenvalue weighted by molar-refractivity contribution is 7.88. The van der Waals surface area contributed by atoms with Gasteiger partial charge in [-0.15, -0.1) is 0 Å². The van der Waals surface area contributed by atoms with Gasteiger partial charge in [0.15, 0.2) is 0 Å². The molecule has 3 rings (SSSR count). The van der Waals surface area contributed by atoms with Crippen LogP contribution >= 0.6 is 0 Å². The number of likely N-dealkylation sites (tertiary alicyclic amines) is 1. The largest absolute Gasteiger partial charge is 0.379 e. The number of fused-ring (bicyclic) bond motifs is 1. The molecule has 3 heterocycles. The van der Waals surface area contributed by atoms with Crippen molar-refractivity contribution in [3.8, 4) is 0 Å². The van der Waals surface area contributed by atoms with E-state index in [0.29, 0.717) is 18.4 Å². The third-order valence-corrected chi connectivity index (χ3v) is 4.97. The quantitative estimate of drug-likeness (QED) is 0.852. The molecular formula is C14H21N3O3S. The van der Waals surface area contributed by atoms with Gasteiger partial charge in [-0.2, -0.15) is 0 Å². The molecule has 2 saturated heterocycles. The Balaban J connectivity index is 1.65. The van der Waals surface area contributed by atoms with Crippen LogP contribution < -0.4 is 4.72 Å². The van der Waals surface area contributed by atoms with Crippen LogP contribution in [-0.2, 0) is 21.3 Å². The van der Waals surface area contributed by atoms with Crippen LogP contribution in [0.2, 0.25) is 0 Å². The van der Waals surface area contributed by atoms with E-state index in [1.54, 1.807) is 12.4 Å². The van der Waals surface area contributed by atoms with E-state index in [-0.39, 0.29) is 6.04 Å². The Labute approximate surface area is 125 Å². The van der Waals surface area contributed by atoms with Gasteiger partial charge in [0, 0.05) is 44.0 Å². The van der Waals surface area contributed by atoms with Crippen molar-refractivity contribution in [2.24, 2.45) is 11.8 Å². The van der Waals surface area contributed by atoms with Crippen molar-refractivity contribution in [1.29, 1.82) is 0 Å². The van der Waals surface area contributed by atoms with E-state index in [2.05, 4.69) is 14.6 Å².